The molecular formula is C25H27N7O2. The third-order valence-corrected chi connectivity index (χ3v) is 5.08. The Labute approximate surface area is 198 Å². The van der Waals surface area contributed by atoms with Crippen LogP contribution in [0, 0.1) is 0 Å². The number of aromatic nitrogens is 4. The van der Waals surface area contributed by atoms with Gasteiger partial charge in [-0.1, -0.05) is 60.7 Å². The summed E-state index contributed by atoms with van der Waals surface area (Å²) in [5.41, 5.74) is 1.82. The first kappa shape index (κ1) is 23.1. The van der Waals surface area contributed by atoms with Crippen molar-refractivity contribution < 1.29 is 9.90 Å². The van der Waals surface area contributed by atoms with Gasteiger partial charge < -0.3 is 20.6 Å². The molecule has 0 fully saturated rings. The van der Waals surface area contributed by atoms with E-state index in [0.29, 0.717) is 23.8 Å². The number of carbonyl (C=O) groups excluding carboxylic acids is 1. The van der Waals surface area contributed by atoms with E-state index in [9.17, 15) is 9.90 Å². The Bertz CT molecular complexity index is 1230. The zero-order valence-electron chi connectivity index (χ0n) is 19.1. The normalized spacial score (nSPS) is 11.9. The fraction of sp³-hybridized carbons (Fsp3) is 0.200. The van der Waals surface area contributed by atoms with Crippen LogP contribution in [0.3, 0.4) is 0 Å². The van der Waals surface area contributed by atoms with E-state index >= 15 is 0 Å². The first-order valence-corrected chi connectivity index (χ1v) is 10.9. The number of carbonyl (C=O) groups is 1. The van der Waals surface area contributed by atoms with Gasteiger partial charge in [0.1, 0.15) is 17.3 Å². The number of aliphatic hydroxyl groups is 1. The van der Waals surface area contributed by atoms with Gasteiger partial charge in [0.2, 0.25) is 5.95 Å². The fourth-order valence-electron chi connectivity index (χ4n) is 3.33. The summed E-state index contributed by atoms with van der Waals surface area (Å²) >= 11 is 0. The molecule has 0 unspecified atom stereocenters. The lowest BCUT2D eigenvalue weighted by Crippen LogP contribution is -2.31. The maximum absolute atomic E-state index is 12.7. The lowest BCUT2D eigenvalue weighted by Gasteiger charge is -2.14. The van der Waals surface area contributed by atoms with E-state index in [-0.39, 0.29) is 17.5 Å². The van der Waals surface area contributed by atoms with E-state index in [2.05, 4.69) is 25.6 Å². The second-order valence-corrected chi connectivity index (χ2v) is 7.94. The summed E-state index contributed by atoms with van der Waals surface area (Å²) in [6.07, 6.45) is 2.28. The number of amides is 1. The molecule has 0 aliphatic rings. The van der Waals surface area contributed by atoms with Crippen molar-refractivity contribution in [2.75, 3.05) is 32.5 Å². The Kier molecular flexibility index (Phi) is 7.26. The molecule has 9 heteroatoms. The summed E-state index contributed by atoms with van der Waals surface area (Å²) < 4.78 is 1.75. The van der Waals surface area contributed by atoms with Crippen molar-refractivity contribution in [1.82, 2.24) is 29.7 Å². The number of rotatable bonds is 9. The Morgan fingerprint density at radius 3 is 2.44 bits per heavy atom. The van der Waals surface area contributed by atoms with Crippen LogP contribution in [0.4, 0.5) is 5.95 Å². The number of imidazole rings is 1. The van der Waals surface area contributed by atoms with Crippen molar-refractivity contribution in [3.63, 3.8) is 0 Å². The van der Waals surface area contributed by atoms with E-state index < -0.39 is 6.23 Å². The van der Waals surface area contributed by atoms with Gasteiger partial charge in [-0.05, 0) is 20.2 Å². The first-order valence-electron chi connectivity index (χ1n) is 10.9. The predicted molar refractivity (Wildman–Crippen MR) is 131 cm³/mol. The highest BCUT2D eigenvalue weighted by molar-refractivity contribution is 5.93. The van der Waals surface area contributed by atoms with Gasteiger partial charge >= 0.3 is 0 Å². The molecule has 2 aromatic carbocycles. The molecule has 0 saturated carbocycles. The van der Waals surface area contributed by atoms with Gasteiger partial charge in [-0.15, -0.1) is 0 Å². The molecule has 0 aliphatic carbocycles. The Balaban J connectivity index is 1.64. The van der Waals surface area contributed by atoms with Crippen LogP contribution in [-0.4, -0.2) is 62.6 Å². The monoisotopic (exact) mass is 457 g/mol. The number of hydrogen-bond acceptors (Lipinski definition) is 7. The van der Waals surface area contributed by atoms with Crippen molar-refractivity contribution in [2.24, 2.45) is 0 Å². The molecule has 2 aromatic heterocycles. The Morgan fingerprint density at radius 2 is 1.74 bits per heavy atom. The zero-order chi connectivity index (χ0) is 23.9. The van der Waals surface area contributed by atoms with Crippen molar-refractivity contribution in [2.45, 2.75) is 6.23 Å². The molecule has 0 saturated heterocycles. The smallest absolute Gasteiger partial charge is 0.271 e. The van der Waals surface area contributed by atoms with Crippen molar-refractivity contribution in [3.05, 3.63) is 90.4 Å². The molecule has 0 bridgehead atoms. The Morgan fingerprint density at radius 1 is 1.03 bits per heavy atom. The lowest BCUT2D eigenvalue weighted by atomic mass is 10.2. The van der Waals surface area contributed by atoms with E-state index in [1.54, 1.807) is 23.0 Å². The summed E-state index contributed by atoms with van der Waals surface area (Å²) in [6.45, 7) is 1.24. The van der Waals surface area contributed by atoms with Crippen LogP contribution < -0.4 is 10.6 Å². The van der Waals surface area contributed by atoms with Gasteiger partial charge in [0, 0.05) is 36.6 Å². The second-order valence-electron chi connectivity index (χ2n) is 7.94. The zero-order valence-corrected chi connectivity index (χ0v) is 19.1. The van der Waals surface area contributed by atoms with Crippen LogP contribution in [-0.2, 0) is 0 Å². The molecule has 4 aromatic rings. The topological polar surface area (TPSA) is 108 Å². The summed E-state index contributed by atoms with van der Waals surface area (Å²) in [4.78, 5) is 28.1. The highest BCUT2D eigenvalue weighted by Crippen LogP contribution is 2.23. The molecule has 0 spiro atoms. The minimum absolute atomic E-state index is 0.249. The number of benzene rings is 2. The molecular weight excluding hydrogens is 430 g/mol. The van der Waals surface area contributed by atoms with Gasteiger partial charge in [0.15, 0.2) is 6.23 Å². The average Bonchev–Trinajstić information content (AvgIpc) is 3.31. The fourth-order valence-corrected chi connectivity index (χ4v) is 3.33. The van der Waals surface area contributed by atoms with E-state index in [1.165, 1.54) is 0 Å². The van der Waals surface area contributed by atoms with Crippen molar-refractivity contribution >= 4 is 11.9 Å². The first-order chi connectivity index (χ1) is 16.5. The standard InChI is InChI=1S/C25H27N7O2/c1-31(2)16-15-26-24(34)20-17-32(22(28-20)18-9-5-3-6-10-18)21-13-14-27-25(29-21)30-23(33)19-11-7-4-8-12-19/h3-14,17,23,33H,15-16H2,1-2H3,(H,26,34)(H,27,29,30)/t23-/m0/s1. The van der Waals surface area contributed by atoms with Crippen LogP contribution in [0.25, 0.3) is 17.2 Å². The van der Waals surface area contributed by atoms with E-state index in [1.807, 2.05) is 79.7 Å². The SMILES string of the molecule is CN(C)CCNC(=O)c1cn(-c2ccnc(N[C@@H](O)c3ccccc3)n2)c(-c2ccccc2)n1. The number of anilines is 1. The van der Waals surface area contributed by atoms with Crippen molar-refractivity contribution in [3.8, 4) is 17.2 Å². The average molecular weight is 458 g/mol. The molecule has 3 N–H and O–H groups in total. The maximum atomic E-state index is 12.7. The molecule has 0 aliphatic heterocycles. The summed E-state index contributed by atoms with van der Waals surface area (Å²) in [5, 5.41) is 16.3. The molecule has 0 radical (unpaired) electrons. The number of likely N-dealkylation sites (N-methyl/N-ethyl adjacent to an activating group) is 1. The third kappa shape index (κ3) is 5.64. The maximum Gasteiger partial charge on any atom is 0.271 e. The Hall–Kier alpha value is -4.08. The predicted octanol–water partition coefficient (Wildman–Crippen LogP) is 2.72. The summed E-state index contributed by atoms with van der Waals surface area (Å²) in [5.74, 6) is 1.08. The minimum atomic E-state index is -0.967. The second kappa shape index (κ2) is 10.7. The van der Waals surface area contributed by atoms with E-state index in [0.717, 1.165) is 12.1 Å². The molecule has 174 valence electrons. The van der Waals surface area contributed by atoms with Gasteiger partial charge in [-0.2, -0.15) is 4.98 Å². The van der Waals surface area contributed by atoms with Crippen LogP contribution >= 0.6 is 0 Å². The molecule has 2 heterocycles. The number of nitrogens with one attached hydrogen (secondary N) is 2. The molecule has 9 nitrogen and oxygen atoms in total. The highest BCUT2D eigenvalue weighted by Gasteiger charge is 2.18. The largest absolute Gasteiger partial charge is 0.369 e. The van der Waals surface area contributed by atoms with Crippen LogP contribution in [0.5, 0.6) is 0 Å². The quantitative estimate of drug-likeness (QED) is 0.332. The minimum Gasteiger partial charge on any atom is -0.369 e. The van der Waals surface area contributed by atoms with Gasteiger partial charge in [0.25, 0.3) is 5.91 Å². The lowest BCUT2D eigenvalue weighted by molar-refractivity contribution is 0.0946. The van der Waals surface area contributed by atoms with Gasteiger partial charge in [0.05, 0.1) is 0 Å². The van der Waals surface area contributed by atoms with Gasteiger partial charge in [-0.25, -0.2) is 9.97 Å². The van der Waals surface area contributed by atoms with Crippen molar-refractivity contribution in [1.29, 1.82) is 0 Å². The van der Waals surface area contributed by atoms with Crippen LogP contribution in [0.1, 0.15) is 22.3 Å². The highest BCUT2D eigenvalue weighted by atomic mass is 16.3. The molecule has 4 rings (SSSR count). The molecule has 34 heavy (non-hydrogen) atoms. The van der Waals surface area contributed by atoms with Crippen LogP contribution in [0.2, 0.25) is 0 Å². The third-order valence-electron chi connectivity index (χ3n) is 5.08. The van der Waals surface area contributed by atoms with Crippen LogP contribution in [0.15, 0.2) is 79.1 Å². The molecule has 1 atom stereocenters. The summed E-state index contributed by atoms with van der Waals surface area (Å²) in [6, 6.07) is 20.5. The number of nitrogens with zero attached hydrogens (tertiary/aromatic N) is 5. The van der Waals surface area contributed by atoms with Gasteiger partial charge in [-0.3, -0.25) is 9.36 Å². The number of hydrogen-bond donors (Lipinski definition) is 3. The molecule has 1 amide bonds. The summed E-state index contributed by atoms with van der Waals surface area (Å²) in [7, 11) is 3.90. The van der Waals surface area contributed by atoms with E-state index in [4.69, 9.17) is 0 Å². The number of aliphatic hydroxyl groups excluding tert-OH is 1.